The lowest BCUT2D eigenvalue weighted by molar-refractivity contribution is -0.152. The monoisotopic (exact) mass is 388 g/mol. The van der Waals surface area contributed by atoms with Crippen LogP contribution in [0.1, 0.15) is 49.1 Å². The van der Waals surface area contributed by atoms with Gasteiger partial charge in [-0.3, -0.25) is 24.5 Å². The van der Waals surface area contributed by atoms with Crippen molar-refractivity contribution in [1.82, 2.24) is 10.6 Å². The highest BCUT2D eigenvalue weighted by molar-refractivity contribution is 6.03. The number of furan rings is 1. The summed E-state index contributed by atoms with van der Waals surface area (Å²) in [6.07, 6.45) is 7.76. The Balaban J connectivity index is 1.20. The number of ether oxygens (including phenoxy) is 1. The fourth-order valence-corrected chi connectivity index (χ4v) is 5.56. The van der Waals surface area contributed by atoms with Crippen molar-refractivity contribution in [3.63, 3.8) is 0 Å². The Morgan fingerprint density at radius 3 is 2.29 bits per heavy atom. The van der Waals surface area contributed by atoms with Gasteiger partial charge in [0.15, 0.2) is 12.4 Å². The van der Waals surface area contributed by atoms with Crippen molar-refractivity contribution >= 4 is 23.7 Å². The molecule has 0 saturated heterocycles. The third-order valence-electron chi connectivity index (χ3n) is 6.28. The van der Waals surface area contributed by atoms with E-state index in [9.17, 15) is 19.2 Å². The van der Waals surface area contributed by atoms with Crippen LogP contribution in [0.15, 0.2) is 22.8 Å². The lowest BCUT2D eigenvalue weighted by Gasteiger charge is -2.55. The second-order valence-corrected chi connectivity index (χ2v) is 8.40. The number of carbonyl (C=O) groups is 4. The largest absolute Gasteiger partial charge is 0.459 e. The van der Waals surface area contributed by atoms with Gasteiger partial charge in [-0.05, 0) is 68.4 Å². The molecule has 150 valence electrons. The summed E-state index contributed by atoms with van der Waals surface area (Å²) in [7, 11) is 0. The summed E-state index contributed by atoms with van der Waals surface area (Å²) in [5.41, 5.74) is -0.331. The molecule has 4 bridgehead atoms. The Labute approximate surface area is 162 Å². The van der Waals surface area contributed by atoms with Crippen LogP contribution in [-0.2, 0) is 19.1 Å². The molecule has 5 rings (SSSR count). The zero-order valence-corrected chi connectivity index (χ0v) is 15.6. The highest BCUT2D eigenvalue weighted by atomic mass is 16.5. The molecular weight excluding hydrogens is 364 g/mol. The molecule has 0 atom stereocenters. The summed E-state index contributed by atoms with van der Waals surface area (Å²) < 4.78 is 9.71. The van der Waals surface area contributed by atoms with Gasteiger partial charge in [0, 0.05) is 5.41 Å². The minimum atomic E-state index is -0.762. The molecule has 4 saturated carbocycles. The van der Waals surface area contributed by atoms with Crippen molar-refractivity contribution in [2.45, 2.75) is 38.5 Å². The van der Waals surface area contributed by atoms with E-state index in [1.165, 1.54) is 37.7 Å². The molecule has 8 nitrogen and oxygen atoms in total. The maximum atomic E-state index is 12.8. The maximum absolute atomic E-state index is 12.8. The van der Waals surface area contributed by atoms with E-state index in [0.29, 0.717) is 17.8 Å². The van der Waals surface area contributed by atoms with Gasteiger partial charge in [0.05, 0.1) is 6.26 Å². The molecule has 0 radical (unpaired) electrons. The zero-order valence-electron chi connectivity index (χ0n) is 15.6. The first-order valence-corrected chi connectivity index (χ1v) is 9.75. The molecule has 3 amide bonds. The van der Waals surface area contributed by atoms with Gasteiger partial charge in [0.2, 0.25) is 5.91 Å². The van der Waals surface area contributed by atoms with E-state index in [1.807, 2.05) is 0 Å². The molecule has 1 heterocycles. The van der Waals surface area contributed by atoms with Gasteiger partial charge in [0.1, 0.15) is 6.54 Å². The smallest absolute Gasteiger partial charge is 0.325 e. The van der Waals surface area contributed by atoms with Crippen molar-refractivity contribution in [2.24, 2.45) is 23.2 Å². The zero-order chi connectivity index (χ0) is 19.7. The number of esters is 1. The summed E-state index contributed by atoms with van der Waals surface area (Å²) >= 11 is 0. The molecule has 0 unspecified atom stereocenters. The van der Waals surface area contributed by atoms with E-state index in [-0.39, 0.29) is 23.6 Å². The van der Waals surface area contributed by atoms with Crippen LogP contribution >= 0.6 is 0 Å². The Bertz CT molecular complexity index is 749. The summed E-state index contributed by atoms with van der Waals surface area (Å²) in [6, 6.07) is 2.93. The van der Waals surface area contributed by atoms with Gasteiger partial charge in [-0.25, -0.2) is 0 Å². The summed E-state index contributed by atoms with van der Waals surface area (Å²) in [4.78, 5) is 48.0. The molecule has 1 aromatic rings. The molecule has 28 heavy (non-hydrogen) atoms. The van der Waals surface area contributed by atoms with E-state index in [0.717, 1.165) is 19.3 Å². The van der Waals surface area contributed by atoms with E-state index >= 15 is 0 Å². The van der Waals surface area contributed by atoms with Gasteiger partial charge in [0.25, 0.3) is 11.8 Å². The molecule has 4 fully saturated rings. The van der Waals surface area contributed by atoms with E-state index in [2.05, 4.69) is 10.6 Å². The lowest BCUT2D eigenvalue weighted by Crippen LogP contribution is -2.54. The molecular formula is C20H24N2O6. The Kier molecular flexibility index (Phi) is 4.95. The van der Waals surface area contributed by atoms with Crippen LogP contribution in [0.4, 0.5) is 0 Å². The standard InChI is InChI=1S/C20H24N2O6/c23-16(22-18(25)15-2-1-3-27-15)11-28-17(24)10-21-19(26)20-7-12-4-13(8-20)6-14(5-12)9-20/h1-3,12-14H,4-11H2,(H,21,26)(H,22,23,25). The maximum Gasteiger partial charge on any atom is 0.325 e. The van der Waals surface area contributed by atoms with E-state index in [4.69, 9.17) is 9.15 Å². The van der Waals surface area contributed by atoms with Gasteiger partial charge < -0.3 is 14.5 Å². The van der Waals surface area contributed by atoms with Crippen LogP contribution in [0.3, 0.4) is 0 Å². The minimum Gasteiger partial charge on any atom is -0.459 e. The number of rotatable bonds is 6. The predicted octanol–water partition coefficient (Wildman–Crippen LogP) is 1.41. The second kappa shape index (κ2) is 7.41. The van der Waals surface area contributed by atoms with Gasteiger partial charge in [-0.2, -0.15) is 0 Å². The summed E-state index contributed by atoms with van der Waals surface area (Å²) in [5, 5.41) is 4.75. The predicted molar refractivity (Wildman–Crippen MR) is 95.8 cm³/mol. The van der Waals surface area contributed by atoms with Crippen LogP contribution < -0.4 is 10.6 Å². The minimum absolute atomic E-state index is 0.0116. The van der Waals surface area contributed by atoms with Gasteiger partial charge in [-0.15, -0.1) is 0 Å². The fourth-order valence-electron chi connectivity index (χ4n) is 5.56. The first kappa shape index (κ1) is 18.7. The normalized spacial score (nSPS) is 29.9. The Hall–Kier alpha value is -2.64. The number of nitrogens with one attached hydrogen (secondary N) is 2. The fraction of sp³-hybridized carbons (Fsp3) is 0.600. The molecule has 0 aromatic carbocycles. The van der Waals surface area contributed by atoms with E-state index in [1.54, 1.807) is 0 Å². The van der Waals surface area contributed by atoms with Crippen molar-refractivity contribution in [3.8, 4) is 0 Å². The second-order valence-electron chi connectivity index (χ2n) is 8.40. The van der Waals surface area contributed by atoms with Crippen LogP contribution in [-0.4, -0.2) is 36.8 Å². The Morgan fingerprint density at radius 2 is 1.71 bits per heavy atom. The van der Waals surface area contributed by atoms with Crippen LogP contribution in [0.5, 0.6) is 0 Å². The highest BCUT2D eigenvalue weighted by Crippen LogP contribution is 2.60. The summed E-state index contributed by atoms with van der Waals surface area (Å²) in [6.45, 7) is -0.876. The third kappa shape index (κ3) is 3.81. The van der Waals surface area contributed by atoms with Crippen molar-refractivity contribution < 1.29 is 28.3 Å². The van der Waals surface area contributed by atoms with Gasteiger partial charge >= 0.3 is 5.97 Å². The number of carbonyl (C=O) groups excluding carboxylic acids is 4. The lowest BCUT2D eigenvalue weighted by atomic mass is 9.49. The van der Waals surface area contributed by atoms with Crippen LogP contribution in [0.2, 0.25) is 0 Å². The van der Waals surface area contributed by atoms with Crippen LogP contribution in [0, 0.1) is 23.2 Å². The number of imide groups is 1. The molecule has 4 aliphatic rings. The molecule has 0 spiro atoms. The number of amides is 3. The van der Waals surface area contributed by atoms with Gasteiger partial charge in [-0.1, -0.05) is 0 Å². The van der Waals surface area contributed by atoms with Crippen molar-refractivity contribution in [1.29, 1.82) is 0 Å². The van der Waals surface area contributed by atoms with Crippen LogP contribution in [0.25, 0.3) is 0 Å². The average Bonchev–Trinajstić information content (AvgIpc) is 3.18. The molecule has 4 aliphatic carbocycles. The number of hydrogen-bond donors (Lipinski definition) is 2. The molecule has 2 N–H and O–H groups in total. The molecule has 0 aliphatic heterocycles. The number of hydrogen-bond acceptors (Lipinski definition) is 6. The van der Waals surface area contributed by atoms with Crippen molar-refractivity contribution in [3.05, 3.63) is 24.2 Å². The first-order chi connectivity index (χ1) is 13.4. The Morgan fingerprint density at radius 1 is 1.07 bits per heavy atom. The molecule has 1 aromatic heterocycles. The SMILES string of the molecule is O=C(COC(=O)CNC(=O)C12CC3CC(CC(C3)C1)C2)NC(=O)c1ccco1. The first-order valence-electron chi connectivity index (χ1n) is 9.75. The quantitative estimate of drug-likeness (QED) is 0.712. The topological polar surface area (TPSA) is 115 Å². The summed E-state index contributed by atoms with van der Waals surface area (Å²) in [5.74, 6) is -0.344. The highest BCUT2D eigenvalue weighted by Gasteiger charge is 2.54. The van der Waals surface area contributed by atoms with Crippen molar-refractivity contribution in [2.75, 3.05) is 13.2 Å². The third-order valence-corrected chi connectivity index (χ3v) is 6.28. The molecule has 8 heteroatoms. The average molecular weight is 388 g/mol. The van der Waals surface area contributed by atoms with E-state index < -0.39 is 24.4 Å².